The standard InChI is InChI=1S/C7H13NO8/c1-3(10)7(14,8(15)16)6(13)5(12)4(11)2-9/h4-6,9,11-14H,2H2,1H3/t4-,5+,6+,7+/m1/s1. The molecule has 0 unspecified atom stereocenters. The van der Waals surface area contributed by atoms with Crippen LogP contribution in [0.2, 0.25) is 0 Å². The first kappa shape index (κ1) is 14.9. The van der Waals surface area contributed by atoms with Gasteiger partial charge in [-0.1, -0.05) is 0 Å². The SMILES string of the molecule is CC(=O)[C@](O)([C@@H](O)[C@@H](O)[C@H](O)CO)[N+](=O)[O-]. The largest absolute Gasteiger partial charge is 0.409 e. The van der Waals surface area contributed by atoms with Crippen LogP contribution < -0.4 is 0 Å². The van der Waals surface area contributed by atoms with Crippen LogP contribution >= 0.6 is 0 Å². The lowest BCUT2D eigenvalue weighted by atomic mass is 9.95. The minimum absolute atomic E-state index is 0.643. The van der Waals surface area contributed by atoms with E-state index >= 15 is 0 Å². The lowest BCUT2D eigenvalue weighted by Crippen LogP contribution is -2.61. The number of rotatable bonds is 6. The molecule has 0 aliphatic heterocycles. The Kier molecular flexibility index (Phi) is 4.90. The van der Waals surface area contributed by atoms with Gasteiger partial charge in [0.05, 0.1) is 11.5 Å². The third kappa shape index (κ3) is 2.51. The van der Waals surface area contributed by atoms with Crippen molar-refractivity contribution in [1.29, 1.82) is 0 Å². The maximum absolute atomic E-state index is 10.9. The summed E-state index contributed by atoms with van der Waals surface area (Å²) in [7, 11) is 0. The fourth-order valence-corrected chi connectivity index (χ4v) is 1.00. The van der Waals surface area contributed by atoms with Crippen LogP contribution in [0.1, 0.15) is 6.92 Å². The molecule has 0 saturated heterocycles. The van der Waals surface area contributed by atoms with Crippen molar-refractivity contribution in [2.45, 2.75) is 31.0 Å². The van der Waals surface area contributed by atoms with Gasteiger partial charge in [0.25, 0.3) is 0 Å². The summed E-state index contributed by atoms with van der Waals surface area (Å²) in [6.45, 7) is -0.353. The maximum atomic E-state index is 10.9. The van der Waals surface area contributed by atoms with Gasteiger partial charge >= 0.3 is 5.72 Å². The fraction of sp³-hybridized carbons (Fsp3) is 0.857. The summed E-state index contributed by atoms with van der Waals surface area (Å²) in [4.78, 5) is 19.8. The first-order valence-corrected chi connectivity index (χ1v) is 4.22. The normalized spacial score (nSPS) is 20.6. The average Bonchev–Trinajstić information content (AvgIpc) is 2.23. The average molecular weight is 239 g/mol. The number of hydrogen-bond donors (Lipinski definition) is 5. The Labute approximate surface area is 89.7 Å². The second kappa shape index (κ2) is 5.27. The third-order valence-electron chi connectivity index (χ3n) is 2.11. The second-order valence-corrected chi connectivity index (χ2v) is 3.22. The van der Waals surface area contributed by atoms with Gasteiger partial charge in [0.15, 0.2) is 6.10 Å². The molecule has 0 bridgehead atoms. The number of carbonyl (C=O) groups is 1. The number of nitro groups is 1. The minimum Gasteiger partial charge on any atom is -0.394 e. The molecule has 0 rings (SSSR count). The van der Waals surface area contributed by atoms with Crippen LogP contribution in [0.15, 0.2) is 0 Å². The van der Waals surface area contributed by atoms with Crippen molar-refractivity contribution in [3.63, 3.8) is 0 Å². The topological polar surface area (TPSA) is 161 Å². The molecule has 0 aliphatic rings. The molecule has 4 atom stereocenters. The Morgan fingerprint density at radius 3 is 2.12 bits per heavy atom. The van der Waals surface area contributed by atoms with Crippen LogP contribution in [0.25, 0.3) is 0 Å². The van der Waals surface area contributed by atoms with Crippen molar-refractivity contribution in [3.8, 4) is 0 Å². The van der Waals surface area contributed by atoms with E-state index in [9.17, 15) is 25.1 Å². The van der Waals surface area contributed by atoms with Crippen molar-refractivity contribution in [2.75, 3.05) is 6.61 Å². The highest BCUT2D eigenvalue weighted by molar-refractivity contribution is 5.83. The Morgan fingerprint density at radius 2 is 1.88 bits per heavy atom. The van der Waals surface area contributed by atoms with Gasteiger partial charge in [-0.05, 0) is 0 Å². The number of aliphatic hydroxyl groups excluding tert-OH is 4. The number of aliphatic hydroxyl groups is 5. The van der Waals surface area contributed by atoms with Crippen molar-refractivity contribution in [3.05, 3.63) is 10.1 Å². The summed E-state index contributed by atoms with van der Waals surface area (Å²) in [5.74, 6) is -1.41. The maximum Gasteiger partial charge on any atom is 0.409 e. The van der Waals surface area contributed by atoms with Crippen LogP contribution in [0, 0.1) is 10.1 Å². The predicted molar refractivity (Wildman–Crippen MR) is 47.7 cm³/mol. The molecule has 9 nitrogen and oxygen atoms in total. The summed E-state index contributed by atoms with van der Waals surface area (Å²) < 4.78 is 0. The van der Waals surface area contributed by atoms with Crippen LogP contribution in [-0.4, -0.2) is 66.9 Å². The Hall–Kier alpha value is -1.13. The van der Waals surface area contributed by atoms with Gasteiger partial charge in [-0.2, -0.15) is 0 Å². The molecule has 16 heavy (non-hydrogen) atoms. The molecule has 94 valence electrons. The smallest absolute Gasteiger partial charge is 0.394 e. The van der Waals surface area contributed by atoms with Crippen LogP contribution in [0.3, 0.4) is 0 Å². The van der Waals surface area contributed by atoms with E-state index in [-0.39, 0.29) is 0 Å². The van der Waals surface area contributed by atoms with Gasteiger partial charge in [0, 0.05) is 6.92 Å². The molecule has 0 amide bonds. The summed E-state index contributed by atoms with van der Waals surface area (Å²) >= 11 is 0. The zero-order valence-electron chi connectivity index (χ0n) is 8.35. The summed E-state index contributed by atoms with van der Waals surface area (Å²) in [6, 6.07) is 0. The van der Waals surface area contributed by atoms with Gasteiger partial charge in [-0.25, -0.2) is 0 Å². The third-order valence-corrected chi connectivity index (χ3v) is 2.11. The molecular weight excluding hydrogens is 226 g/mol. The molecule has 0 heterocycles. The lowest BCUT2D eigenvalue weighted by molar-refractivity contribution is -0.619. The highest BCUT2D eigenvalue weighted by atomic mass is 16.7. The van der Waals surface area contributed by atoms with Gasteiger partial charge in [0.1, 0.15) is 12.2 Å². The van der Waals surface area contributed by atoms with Crippen LogP contribution in [0.4, 0.5) is 0 Å². The minimum atomic E-state index is -3.42. The van der Waals surface area contributed by atoms with Crippen molar-refractivity contribution >= 4 is 5.78 Å². The van der Waals surface area contributed by atoms with E-state index in [0.717, 1.165) is 0 Å². The predicted octanol–water partition coefficient (Wildman–Crippen LogP) is -3.38. The molecule has 5 N–H and O–H groups in total. The zero-order valence-corrected chi connectivity index (χ0v) is 8.35. The number of carbonyl (C=O) groups excluding carboxylic acids is 1. The van der Waals surface area contributed by atoms with Crippen LogP contribution in [-0.2, 0) is 4.79 Å². The van der Waals surface area contributed by atoms with E-state index in [4.69, 9.17) is 15.3 Å². The highest BCUT2D eigenvalue weighted by Gasteiger charge is 2.57. The van der Waals surface area contributed by atoms with Gasteiger partial charge in [-0.15, -0.1) is 0 Å². The van der Waals surface area contributed by atoms with E-state index in [1.165, 1.54) is 0 Å². The van der Waals surface area contributed by atoms with E-state index in [2.05, 4.69) is 0 Å². The summed E-state index contributed by atoms with van der Waals surface area (Å²) in [5, 5.41) is 55.5. The Bertz CT molecular complexity index is 266. The van der Waals surface area contributed by atoms with Gasteiger partial charge < -0.3 is 25.5 Å². The second-order valence-electron chi connectivity index (χ2n) is 3.22. The first-order chi connectivity index (χ1) is 7.19. The monoisotopic (exact) mass is 239 g/mol. The molecule has 0 fully saturated rings. The fourth-order valence-electron chi connectivity index (χ4n) is 1.00. The van der Waals surface area contributed by atoms with Crippen molar-refractivity contribution in [2.24, 2.45) is 0 Å². The number of nitrogens with zero attached hydrogens (tertiary/aromatic N) is 1. The molecule has 0 saturated carbocycles. The zero-order chi connectivity index (χ0) is 13.1. The quantitative estimate of drug-likeness (QED) is 0.182. The molecule has 0 aromatic carbocycles. The van der Waals surface area contributed by atoms with Crippen molar-refractivity contribution < 1.29 is 35.3 Å². The Morgan fingerprint density at radius 1 is 1.44 bits per heavy atom. The Balaban J connectivity index is 5.11. The van der Waals surface area contributed by atoms with Gasteiger partial charge in [0.2, 0.25) is 5.78 Å². The first-order valence-electron chi connectivity index (χ1n) is 4.22. The number of hydrogen-bond acceptors (Lipinski definition) is 8. The van der Waals surface area contributed by atoms with Gasteiger partial charge in [-0.3, -0.25) is 14.9 Å². The number of ketones is 1. The molecule has 0 aliphatic carbocycles. The van der Waals surface area contributed by atoms with E-state index < -0.39 is 41.4 Å². The number of Topliss-reactive ketones (excluding diaryl/α,β-unsaturated/α-hetero) is 1. The van der Waals surface area contributed by atoms with E-state index in [0.29, 0.717) is 6.92 Å². The molecule has 0 spiro atoms. The summed E-state index contributed by atoms with van der Waals surface area (Å²) in [5.41, 5.74) is -3.42. The summed E-state index contributed by atoms with van der Waals surface area (Å²) in [6.07, 6.45) is -6.70. The molecule has 9 heteroatoms. The van der Waals surface area contributed by atoms with Crippen LogP contribution in [0.5, 0.6) is 0 Å². The van der Waals surface area contributed by atoms with E-state index in [1.807, 2.05) is 0 Å². The molecule has 0 aromatic heterocycles. The molecule has 0 aromatic rings. The van der Waals surface area contributed by atoms with E-state index in [1.54, 1.807) is 0 Å². The molecular formula is C7H13NO8. The van der Waals surface area contributed by atoms with Crippen molar-refractivity contribution in [1.82, 2.24) is 0 Å². The highest BCUT2D eigenvalue weighted by Crippen LogP contribution is 2.18. The molecule has 0 radical (unpaired) electrons. The lowest BCUT2D eigenvalue weighted by Gasteiger charge is -2.27.